The molecule has 0 atom stereocenters. The second-order valence-corrected chi connectivity index (χ2v) is 6.43. The Kier molecular flexibility index (Phi) is 5.67. The van der Waals surface area contributed by atoms with Crippen molar-refractivity contribution >= 4 is 17.4 Å². The van der Waals surface area contributed by atoms with Crippen LogP contribution in [-0.2, 0) is 6.54 Å². The summed E-state index contributed by atoms with van der Waals surface area (Å²) in [5, 5.41) is 4.16. The van der Waals surface area contributed by atoms with Gasteiger partial charge in [-0.1, -0.05) is 31.9 Å². The van der Waals surface area contributed by atoms with Gasteiger partial charge in [0.15, 0.2) is 0 Å². The first kappa shape index (κ1) is 15.6. The molecule has 0 aliphatic heterocycles. The number of nitrogens with one attached hydrogen (secondary N) is 1. The van der Waals surface area contributed by atoms with E-state index in [0.717, 1.165) is 42.0 Å². The average Bonchev–Trinajstić information content (AvgIpc) is 2.36. The molecule has 0 amide bonds. The predicted octanol–water partition coefficient (Wildman–Crippen LogP) is 3.86. The molecule has 0 spiro atoms. The molecule has 1 heterocycles. The maximum atomic E-state index is 6.43. The maximum Gasteiger partial charge on any atom is 0.147 e. The summed E-state index contributed by atoms with van der Waals surface area (Å²) >= 11 is 6.43. The average molecular weight is 296 g/mol. The van der Waals surface area contributed by atoms with E-state index in [1.807, 2.05) is 12.3 Å². The second-order valence-electron chi connectivity index (χ2n) is 6.02. The van der Waals surface area contributed by atoms with Crippen LogP contribution in [0.5, 0.6) is 0 Å². The van der Waals surface area contributed by atoms with E-state index in [-0.39, 0.29) is 0 Å². The predicted molar refractivity (Wildman–Crippen MR) is 86.5 cm³/mol. The van der Waals surface area contributed by atoms with E-state index in [4.69, 9.17) is 11.6 Å². The third kappa shape index (κ3) is 4.10. The van der Waals surface area contributed by atoms with Gasteiger partial charge in [-0.2, -0.15) is 0 Å². The lowest BCUT2D eigenvalue weighted by Crippen LogP contribution is -2.33. The first-order valence-electron chi connectivity index (χ1n) is 7.73. The summed E-state index contributed by atoms with van der Waals surface area (Å²) in [6, 6.07) is 2.52. The van der Waals surface area contributed by atoms with Crippen molar-refractivity contribution in [1.82, 2.24) is 10.3 Å². The molecule has 1 aromatic heterocycles. The lowest BCUT2D eigenvalue weighted by molar-refractivity contribution is 0.318. The third-order valence-electron chi connectivity index (χ3n) is 3.98. The summed E-state index contributed by atoms with van der Waals surface area (Å²) in [6.07, 6.45) is 6.03. The summed E-state index contributed by atoms with van der Waals surface area (Å²) < 4.78 is 0. The Balaban J connectivity index is 2.02. The molecule has 0 aromatic carbocycles. The van der Waals surface area contributed by atoms with Crippen LogP contribution < -0.4 is 10.2 Å². The van der Waals surface area contributed by atoms with Crippen molar-refractivity contribution in [2.75, 3.05) is 18.0 Å². The van der Waals surface area contributed by atoms with Gasteiger partial charge in [-0.25, -0.2) is 4.98 Å². The van der Waals surface area contributed by atoms with Gasteiger partial charge in [-0.3, -0.25) is 0 Å². The fourth-order valence-corrected chi connectivity index (χ4v) is 2.78. The van der Waals surface area contributed by atoms with Gasteiger partial charge in [-0.15, -0.1) is 0 Å². The van der Waals surface area contributed by atoms with E-state index in [1.165, 1.54) is 19.3 Å². The van der Waals surface area contributed by atoms with E-state index < -0.39 is 0 Å². The molecule has 1 N–H and O–H groups in total. The molecule has 4 heteroatoms. The quantitative estimate of drug-likeness (QED) is 0.828. The maximum absolute atomic E-state index is 6.43. The molecular weight excluding hydrogens is 270 g/mol. The zero-order valence-corrected chi connectivity index (χ0v) is 13.6. The number of pyridine rings is 1. The smallest absolute Gasteiger partial charge is 0.147 e. The topological polar surface area (TPSA) is 28.2 Å². The Labute approximate surface area is 127 Å². The number of rotatable bonds is 7. The van der Waals surface area contributed by atoms with E-state index in [1.54, 1.807) is 0 Å². The minimum absolute atomic E-state index is 0.471. The van der Waals surface area contributed by atoms with Gasteiger partial charge in [-0.05, 0) is 37.3 Å². The van der Waals surface area contributed by atoms with E-state index in [0.29, 0.717) is 6.04 Å². The van der Waals surface area contributed by atoms with Crippen LogP contribution in [0.2, 0.25) is 5.02 Å². The number of hydrogen-bond donors (Lipinski definition) is 1. The van der Waals surface area contributed by atoms with Gasteiger partial charge in [0.25, 0.3) is 0 Å². The number of anilines is 1. The molecule has 1 aliphatic rings. The van der Waals surface area contributed by atoms with E-state index >= 15 is 0 Å². The van der Waals surface area contributed by atoms with Crippen molar-refractivity contribution in [2.24, 2.45) is 5.92 Å². The monoisotopic (exact) mass is 295 g/mol. The number of hydrogen-bond acceptors (Lipinski definition) is 3. The van der Waals surface area contributed by atoms with Crippen LogP contribution in [0, 0.1) is 5.92 Å². The molecule has 1 fully saturated rings. The Bertz CT molecular complexity index is 430. The zero-order chi connectivity index (χ0) is 14.5. The minimum atomic E-state index is 0.471. The summed E-state index contributed by atoms with van der Waals surface area (Å²) in [4.78, 5) is 6.90. The highest BCUT2D eigenvalue weighted by Gasteiger charge is 2.21. The van der Waals surface area contributed by atoms with Crippen LogP contribution in [0.3, 0.4) is 0 Å². The summed E-state index contributed by atoms with van der Waals surface area (Å²) in [5.74, 6) is 1.77. The van der Waals surface area contributed by atoms with Gasteiger partial charge in [0.05, 0.1) is 5.02 Å². The number of halogens is 1. The molecular formula is C16H26ClN3. The van der Waals surface area contributed by atoms with Crippen molar-refractivity contribution in [2.45, 2.75) is 52.6 Å². The van der Waals surface area contributed by atoms with Crippen molar-refractivity contribution in [1.29, 1.82) is 0 Å². The summed E-state index contributed by atoms with van der Waals surface area (Å²) in [7, 11) is 0. The first-order chi connectivity index (χ1) is 9.60. The van der Waals surface area contributed by atoms with Crippen LogP contribution in [0.15, 0.2) is 12.3 Å². The van der Waals surface area contributed by atoms with Gasteiger partial charge in [0.2, 0.25) is 0 Å². The van der Waals surface area contributed by atoms with Crippen LogP contribution in [-0.4, -0.2) is 24.1 Å². The highest BCUT2D eigenvalue weighted by Crippen LogP contribution is 2.31. The van der Waals surface area contributed by atoms with Crippen LogP contribution in [0.1, 0.15) is 45.6 Å². The Morgan fingerprint density at radius 2 is 2.20 bits per heavy atom. The van der Waals surface area contributed by atoms with E-state index in [2.05, 4.69) is 36.0 Å². The lowest BCUT2D eigenvalue weighted by Gasteiger charge is -2.32. The third-order valence-corrected chi connectivity index (χ3v) is 4.26. The van der Waals surface area contributed by atoms with Gasteiger partial charge in [0, 0.05) is 31.9 Å². The second kappa shape index (κ2) is 7.28. The molecule has 2 rings (SSSR count). The van der Waals surface area contributed by atoms with Gasteiger partial charge >= 0.3 is 0 Å². The van der Waals surface area contributed by atoms with Gasteiger partial charge < -0.3 is 10.2 Å². The SMILES string of the molecule is CCN(CC1CCC1)c1ncc(CNC(C)C)cc1Cl. The van der Waals surface area contributed by atoms with E-state index in [9.17, 15) is 0 Å². The molecule has 1 aromatic rings. The summed E-state index contributed by atoms with van der Waals surface area (Å²) in [5.41, 5.74) is 1.15. The molecule has 20 heavy (non-hydrogen) atoms. The van der Waals surface area contributed by atoms with Crippen LogP contribution >= 0.6 is 11.6 Å². The first-order valence-corrected chi connectivity index (χ1v) is 8.10. The Hall–Kier alpha value is -0.800. The van der Waals surface area contributed by atoms with Crippen molar-refractivity contribution in [3.05, 3.63) is 22.8 Å². The molecule has 3 nitrogen and oxygen atoms in total. The Morgan fingerprint density at radius 3 is 2.70 bits per heavy atom. The molecule has 112 valence electrons. The minimum Gasteiger partial charge on any atom is -0.355 e. The van der Waals surface area contributed by atoms with Gasteiger partial charge in [0.1, 0.15) is 5.82 Å². The van der Waals surface area contributed by atoms with Crippen molar-refractivity contribution < 1.29 is 0 Å². The molecule has 0 unspecified atom stereocenters. The lowest BCUT2D eigenvalue weighted by atomic mass is 9.85. The fourth-order valence-electron chi connectivity index (χ4n) is 2.47. The molecule has 1 saturated carbocycles. The zero-order valence-electron chi connectivity index (χ0n) is 12.8. The fraction of sp³-hybridized carbons (Fsp3) is 0.688. The van der Waals surface area contributed by atoms with Crippen molar-refractivity contribution in [3.63, 3.8) is 0 Å². The molecule has 0 radical (unpaired) electrons. The highest BCUT2D eigenvalue weighted by molar-refractivity contribution is 6.33. The number of aromatic nitrogens is 1. The largest absolute Gasteiger partial charge is 0.355 e. The Morgan fingerprint density at radius 1 is 1.45 bits per heavy atom. The summed E-state index contributed by atoms with van der Waals surface area (Å²) in [6.45, 7) is 9.33. The molecule has 0 saturated heterocycles. The van der Waals surface area contributed by atoms with Crippen LogP contribution in [0.4, 0.5) is 5.82 Å². The highest BCUT2D eigenvalue weighted by atomic mass is 35.5. The molecule has 1 aliphatic carbocycles. The van der Waals surface area contributed by atoms with Crippen molar-refractivity contribution in [3.8, 4) is 0 Å². The normalized spacial score (nSPS) is 15.4. The number of nitrogens with zero attached hydrogens (tertiary/aromatic N) is 2. The standard InChI is InChI=1S/C16H26ClN3/c1-4-20(11-13-6-5-7-13)16-15(17)8-14(10-19-16)9-18-12(2)3/h8,10,12-13,18H,4-7,9,11H2,1-3H3. The van der Waals surface area contributed by atoms with Crippen LogP contribution in [0.25, 0.3) is 0 Å². The molecule has 0 bridgehead atoms.